The molecule has 2 aromatic rings. The predicted molar refractivity (Wildman–Crippen MR) is 79.5 cm³/mol. The quantitative estimate of drug-likeness (QED) is 0.860. The van der Waals surface area contributed by atoms with Gasteiger partial charge in [-0.15, -0.1) is 11.8 Å². The third-order valence-electron chi connectivity index (χ3n) is 2.44. The third-order valence-corrected chi connectivity index (χ3v) is 3.73. The molecule has 19 heavy (non-hydrogen) atoms. The van der Waals surface area contributed by atoms with Crippen molar-refractivity contribution in [1.82, 2.24) is 4.98 Å². The number of halogens is 1. The summed E-state index contributed by atoms with van der Waals surface area (Å²) in [5, 5.41) is 0.680. The first-order valence-corrected chi connectivity index (χ1v) is 7.10. The fraction of sp³-hybridized carbons (Fsp3) is 0.143. The van der Waals surface area contributed by atoms with Crippen LogP contribution in [0.4, 0.5) is 5.82 Å². The molecule has 0 atom stereocenters. The molecule has 0 spiro atoms. The number of ketones is 1. The number of aromatic nitrogens is 1. The minimum Gasteiger partial charge on any atom is -0.384 e. The van der Waals surface area contributed by atoms with Gasteiger partial charge in [-0.05, 0) is 35.9 Å². The summed E-state index contributed by atoms with van der Waals surface area (Å²) in [5.41, 5.74) is 6.47. The molecule has 2 rings (SSSR count). The highest BCUT2D eigenvalue weighted by Gasteiger charge is 2.06. The number of nitrogens with two attached hydrogens (primary N) is 1. The van der Waals surface area contributed by atoms with Crippen molar-refractivity contribution in [2.75, 3.05) is 11.5 Å². The van der Waals surface area contributed by atoms with Crippen molar-refractivity contribution >= 4 is 35.0 Å². The Balaban J connectivity index is 1.88. The van der Waals surface area contributed by atoms with Gasteiger partial charge < -0.3 is 5.73 Å². The zero-order valence-electron chi connectivity index (χ0n) is 10.2. The lowest BCUT2D eigenvalue weighted by atomic mass is 10.1. The van der Waals surface area contributed by atoms with Crippen LogP contribution in [0.25, 0.3) is 0 Å². The highest BCUT2D eigenvalue weighted by Crippen LogP contribution is 2.21. The molecule has 1 heterocycles. The standard InChI is InChI=1S/C14H13ClN2OS/c15-11-2-1-3-13(8-11)19-9-12(18)6-10-4-5-17-14(16)7-10/h1-5,7-8H,6,9H2,(H2,16,17). The summed E-state index contributed by atoms with van der Waals surface area (Å²) in [6.07, 6.45) is 1.99. The maximum atomic E-state index is 11.9. The molecule has 0 radical (unpaired) electrons. The smallest absolute Gasteiger partial charge is 0.147 e. The van der Waals surface area contributed by atoms with Gasteiger partial charge in [-0.3, -0.25) is 4.79 Å². The lowest BCUT2D eigenvalue weighted by Crippen LogP contribution is -2.06. The van der Waals surface area contributed by atoms with Crippen LogP contribution in [-0.2, 0) is 11.2 Å². The van der Waals surface area contributed by atoms with E-state index in [1.54, 1.807) is 18.3 Å². The first kappa shape index (κ1) is 13.9. The van der Waals surface area contributed by atoms with Crippen LogP contribution in [0.1, 0.15) is 5.56 Å². The molecule has 0 bridgehead atoms. The van der Waals surface area contributed by atoms with E-state index in [-0.39, 0.29) is 5.78 Å². The van der Waals surface area contributed by atoms with E-state index >= 15 is 0 Å². The Morgan fingerprint density at radius 1 is 1.32 bits per heavy atom. The lowest BCUT2D eigenvalue weighted by Gasteiger charge is -2.03. The summed E-state index contributed by atoms with van der Waals surface area (Å²) >= 11 is 7.37. The van der Waals surface area contributed by atoms with E-state index in [9.17, 15) is 4.79 Å². The molecule has 0 fully saturated rings. The van der Waals surface area contributed by atoms with Gasteiger partial charge in [-0.25, -0.2) is 4.98 Å². The van der Waals surface area contributed by atoms with Crippen LogP contribution >= 0.6 is 23.4 Å². The van der Waals surface area contributed by atoms with Crippen molar-refractivity contribution in [3.63, 3.8) is 0 Å². The van der Waals surface area contributed by atoms with Crippen LogP contribution in [0.5, 0.6) is 0 Å². The number of carbonyl (C=O) groups is 1. The van der Waals surface area contributed by atoms with Crippen molar-refractivity contribution in [2.24, 2.45) is 0 Å². The number of hydrogen-bond acceptors (Lipinski definition) is 4. The Labute approximate surface area is 121 Å². The summed E-state index contributed by atoms with van der Waals surface area (Å²) < 4.78 is 0. The van der Waals surface area contributed by atoms with Crippen molar-refractivity contribution in [3.05, 3.63) is 53.2 Å². The average Bonchev–Trinajstić information content (AvgIpc) is 2.36. The van der Waals surface area contributed by atoms with E-state index < -0.39 is 0 Å². The fourth-order valence-corrected chi connectivity index (χ4v) is 2.67. The second-order valence-electron chi connectivity index (χ2n) is 4.05. The second-order valence-corrected chi connectivity index (χ2v) is 5.54. The van der Waals surface area contributed by atoms with Crippen molar-refractivity contribution < 1.29 is 4.79 Å². The van der Waals surface area contributed by atoms with Gasteiger partial charge in [0.05, 0.1) is 5.75 Å². The molecule has 0 aliphatic rings. The van der Waals surface area contributed by atoms with Gasteiger partial charge in [0, 0.05) is 22.5 Å². The minimum absolute atomic E-state index is 0.149. The van der Waals surface area contributed by atoms with E-state index in [4.69, 9.17) is 17.3 Å². The van der Waals surface area contributed by atoms with E-state index in [1.807, 2.05) is 24.3 Å². The van der Waals surface area contributed by atoms with Gasteiger partial charge in [-0.1, -0.05) is 17.7 Å². The molecule has 1 aromatic heterocycles. The van der Waals surface area contributed by atoms with Crippen molar-refractivity contribution in [1.29, 1.82) is 0 Å². The fourth-order valence-electron chi connectivity index (χ4n) is 1.60. The molecule has 0 amide bonds. The Morgan fingerprint density at radius 3 is 2.89 bits per heavy atom. The molecule has 0 aliphatic carbocycles. The number of benzene rings is 1. The van der Waals surface area contributed by atoms with Gasteiger partial charge in [0.25, 0.3) is 0 Å². The van der Waals surface area contributed by atoms with Crippen molar-refractivity contribution in [2.45, 2.75) is 11.3 Å². The van der Waals surface area contributed by atoms with Crippen molar-refractivity contribution in [3.8, 4) is 0 Å². The molecule has 98 valence electrons. The van der Waals surface area contributed by atoms with E-state index in [1.165, 1.54) is 11.8 Å². The molecule has 0 saturated carbocycles. The molecule has 2 N–H and O–H groups in total. The van der Waals surface area contributed by atoms with Crippen LogP contribution in [0.3, 0.4) is 0 Å². The monoisotopic (exact) mass is 292 g/mol. The topological polar surface area (TPSA) is 56.0 Å². The van der Waals surface area contributed by atoms with Gasteiger partial charge in [-0.2, -0.15) is 0 Å². The van der Waals surface area contributed by atoms with Crippen LogP contribution in [0.2, 0.25) is 5.02 Å². The number of Topliss-reactive ketones (excluding diaryl/α,β-unsaturated/α-hetero) is 1. The van der Waals surface area contributed by atoms with Gasteiger partial charge in [0.2, 0.25) is 0 Å². The summed E-state index contributed by atoms with van der Waals surface area (Å²) in [6.45, 7) is 0. The third kappa shape index (κ3) is 4.58. The van der Waals surface area contributed by atoms with Crippen LogP contribution in [0, 0.1) is 0 Å². The van der Waals surface area contributed by atoms with E-state index in [2.05, 4.69) is 4.98 Å². The Kier molecular flexibility index (Phi) is 4.82. The number of nitrogens with zero attached hydrogens (tertiary/aromatic N) is 1. The van der Waals surface area contributed by atoms with Gasteiger partial charge in [0.1, 0.15) is 11.6 Å². The molecule has 3 nitrogen and oxygen atoms in total. The molecule has 0 saturated heterocycles. The molecule has 0 unspecified atom stereocenters. The highest BCUT2D eigenvalue weighted by molar-refractivity contribution is 8.00. The van der Waals surface area contributed by atoms with Crippen LogP contribution in [0.15, 0.2) is 47.5 Å². The summed E-state index contributed by atoms with van der Waals surface area (Å²) in [4.78, 5) is 16.8. The number of hydrogen-bond donors (Lipinski definition) is 1. The number of thioether (sulfide) groups is 1. The Morgan fingerprint density at radius 2 is 2.16 bits per heavy atom. The summed E-state index contributed by atoms with van der Waals surface area (Å²) in [6, 6.07) is 11.0. The number of pyridine rings is 1. The predicted octanol–water partition coefficient (Wildman–Crippen LogP) is 3.22. The Bertz CT molecular complexity index is 589. The molecule has 5 heteroatoms. The summed E-state index contributed by atoms with van der Waals surface area (Å²) in [5.74, 6) is 1.01. The van der Waals surface area contributed by atoms with Crippen LogP contribution < -0.4 is 5.73 Å². The average molecular weight is 293 g/mol. The molecule has 1 aromatic carbocycles. The summed E-state index contributed by atoms with van der Waals surface area (Å²) in [7, 11) is 0. The molecular formula is C14H13ClN2OS. The van der Waals surface area contributed by atoms with E-state index in [0.29, 0.717) is 23.0 Å². The maximum absolute atomic E-state index is 11.9. The Hall–Kier alpha value is -1.52. The molecule has 0 aliphatic heterocycles. The maximum Gasteiger partial charge on any atom is 0.147 e. The normalized spacial score (nSPS) is 10.4. The second kappa shape index (κ2) is 6.59. The lowest BCUT2D eigenvalue weighted by molar-refractivity contribution is -0.116. The zero-order chi connectivity index (χ0) is 13.7. The molecular weight excluding hydrogens is 280 g/mol. The number of carbonyl (C=O) groups excluding carboxylic acids is 1. The van der Waals surface area contributed by atoms with Gasteiger partial charge >= 0.3 is 0 Å². The highest BCUT2D eigenvalue weighted by atomic mass is 35.5. The number of nitrogen functional groups attached to an aromatic ring is 1. The first-order valence-electron chi connectivity index (χ1n) is 5.74. The minimum atomic E-state index is 0.149. The first-order chi connectivity index (χ1) is 9.13. The number of anilines is 1. The SMILES string of the molecule is Nc1cc(CC(=O)CSc2cccc(Cl)c2)ccn1. The van der Waals surface area contributed by atoms with E-state index in [0.717, 1.165) is 10.5 Å². The zero-order valence-corrected chi connectivity index (χ0v) is 11.7. The van der Waals surface area contributed by atoms with Gasteiger partial charge in [0.15, 0.2) is 0 Å². The number of rotatable bonds is 5. The van der Waals surface area contributed by atoms with Crippen LogP contribution in [-0.4, -0.2) is 16.5 Å². The largest absolute Gasteiger partial charge is 0.384 e.